The Hall–Kier alpha value is -0.873. The molecule has 0 spiro atoms. The highest BCUT2D eigenvalue weighted by molar-refractivity contribution is 6.73. The molecule has 4 heteroatoms. The molecular weight excluding hydrogens is 300 g/mol. The summed E-state index contributed by atoms with van der Waals surface area (Å²) in [4.78, 5) is 0. The van der Waals surface area contributed by atoms with E-state index in [0.717, 1.165) is 5.71 Å². The molecular formula is C19H38N2OSi. The Kier molecular flexibility index (Phi) is 10.4. The Morgan fingerprint density at radius 3 is 2.09 bits per heavy atom. The average molecular weight is 339 g/mol. The third-order valence-electron chi connectivity index (χ3n) is 4.90. The first-order valence-electron chi connectivity index (χ1n) is 8.96. The van der Waals surface area contributed by atoms with Crippen LogP contribution in [0.5, 0.6) is 0 Å². The van der Waals surface area contributed by atoms with Gasteiger partial charge in [-0.05, 0) is 31.0 Å². The van der Waals surface area contributed by atoms with Gasteiger partial charge >= 0.3 is 0 Å². The van der Waals surface area contributed by atoms with E-state index < -0.39 is 8.32 Å². The van der Waals surface area contributed by atoms with E-state index in [0.29, 0.717) is 11.8 Å². The molecule has 0 fully saturated rings. The monoisotopic (exact) mass is 338 g/mol. The zero-order chi connectivity index (χ0) is 18.0. The number of hydrazone groups is 1. The molecule has 0 saturated carbocycles. The quantitative estimate of drug-likeness (QED) is 0.220. The van der Waals surface area contributed by atoms with Crippen molar-refractivity contribution in [2.45, 2.75) is 65.8 Å². The van der Waals surface area contributed by atoms with Crippen molar-refractivity contribution in [1.29, 1.82) is 0 Å². The number of hydrogen-bond acceptors (Lipinski definition) is 3. The molecule has 23 heavy (non-hydrogen) atoms. The van der Waals surface area contributed by atoms with Crippen LogP contribution in [0, 0.1) is 11.8 Å². The number of nitrogens with zero attached hydrogens (tertiary/aromatic N) is 2. The first-order valence-corrected chi connectivity index (χ1v) is 11.5. The molecule has 0 heterocycles. The molecule has 0 aliphatic heterocycles. The van der Waals surface area contributed by atoms with Gasteiger partial charge in [0.15, 0.2) is 8.32 Å². The van der Waals surface area contributed by atoms with Gasteiger partial charge in [0, 0.05) is 25.7 Å². The topological polar surface area (TPSA) is 24.8 Å². The normalized spacial score (nSPS) is 17.1. The molecule has 0 radical (unpaired) electrons. The van der Waals surface area contributed by atoms with Crippen LogP contribution < -0.4 is 0 Å². The van der Waals surface area contributed by atoms with E-state index in [-0.39, 0.29) is 6.10 Å². The van der Waals surface area contributed by atoms with Crippen LogP contribution >= 0.6 is 0 Å². The molecule has 3 atom stereocenters. The van der Waals surface area contributed by atoms with Crippen LogP contribution in [0.25, 0.3) is 0 Å². The van der Waals surface area contributed by atoms with Crippen molar-refractivity contribution in [3.63, 3.8) is 0 Å². The summed E-state index contributed by atoms with van der Waals surface area (Å²) in [5.74, 6) is 0.630. The first-order chi connectivity index (χ1) is 10.8. The van der Waals surface area contributed by atoms with Crippen LogP contribution in [-0.2, 0) is 4.43 Å². The fraction of sp³-hybridized carbons (Fsp3) is 0.737. The summed E-state index contributed by atoms with van der Waals surface area (Å²) >= 11 is 0. The standard InChI is InChI=1S/C19H38N2OSi/c1-10-14-15-16(5)19(17(6)18(7)20-21(8)9)22-23(11-2,12-3)13-4/h10,14-17,19H,1,11-13H2,2-9H3/b15-14-,20-18+/t16-,17-,19-/m0/s1. The Morgan fingerprint density at radius 2 is 1.70 bits per heavy atom. The van der Waals surface area contributed by atoms with Gasteiger partial charge in [-0.2, -0.15) is 5.10 Å². The minimum Gasteiger partial charge on any atom is -0.413 e. The molecule has 134 valence electrons. The van der Waals surface area contributed by atoms with Gasteiger partial charge in [0.05, 0.1) is 6.10 Å². The fourth-order valence-corrected chi connectivity index (χ4v) is 5.96. The van der Waals surface area contributed by atoms with Crippen LogP contribution in [0.4, 0.5) is 0 Å². The molecule has 0 rings (SSSR count). The second kappa shape index (κ2) is 10.8. The lowest BCUT2D eigenvalue weighted by atomic mass is 9.90. The van der Waals surface area contributed by atoms with Crippen molar-refractivity contribution in [1.82, 2.24) is 5.01 Å². The number of allylic oxidation sites excluding steroid dienone is 2. The summed E-state index contributed by atoms with van der Waals surface area (Å²) in [6, 6.07) is 3.51. The van der Waals surface area contributed by atoms with Gasteiger partial charge in [-0.3, -0.25) is 0 Å². The first kappa shape index (κ1) is 22.1. The SMILES string of the molecule is C=C/C=C\[C@H](C)[C@H](O[Si](CC)(CC)CC)[C@@H](C)/C(C)=N/N(C)C. The van der Waals surface area contributed by atoms with E-state index in [4.69, 9.17) is 4.43 Å². The highest BCUT2D eigenvalue weighted by Crippen LogP contribution is 2.30. The van der Waals surface area contributed by atoms with Crippen LogP contribution in [0.3, 0.4) is 0 Å². The summed E-state index contributed by atoms with van der Waals surface area (Å²) in [5, 5.41) is 6.48. The average Bonchev–Trinajstić information content (AvgIpc) is 2.53. The number of rotatable bonds is 11. The minimum absolute atomic E-state index is 0.168. The second-order valence-corrected chi connectivity index (χ2v) is 11.4. The van der Waals surface area contributed by atoms with Gasteiger partial charge < -0.3 is 9.43 Å². The van der Waals surface area contributed by atoms with Crippen LogP contribution in [0.15, 0.2) is 29.9 Å². The third-order valence-corrected chi connectivity index (χ3v) is 9.54. The third kappa shape index (κ3) is 7.04. The molecule has 0 unspecified atom stereocenters. The molecule has 0 aromatic rings. The molecule has 0 saturated heterocycles. The minimum atomic E-state index is -1.66. The van der Waals surface area contributed by atoms with E-state index in [1.165, 1.54) is 18.1 Å². The summed E-state index contributed by atoms with van der Waals surface area (Å²) in [6.07, 6.45) is 6.24. The maximum absolute atomic E-state index is 6.86. The maximum Gasteiger partial charge on any atom is 0.192 e. The highest BCUT2D eigenvalue weighted by Gasteiger charge is 2.36. The lowest BCUT2D eigenvalue weighted by molar-refractivity contribution is 0.121. The van der Waals surface area contributed by atoms with Crippen molar-refractivity contribution < 1.29 is 4.43 Å². The molecule has 0 aromatic heterocycles. The zero-order valence-electron chi connectivity index (χ0n) is 16.6. The summed E-state index contributed by atoms with van der Waals surface area (Å²) in [5.41, 5.74) is 1.13. The molecule has 0 aliphatic rings. The van der Waals surface area contributed by atoms with Gasteiger partial charge in [-0.1, -0.05) is 59.4 Å². The molecule has 0 amide bonds. The van der Waals surface area contributed by atoms with Gasteiger partial charge in [-0.15, -0.1) is 0 Å². The van der Waals surface area contributed by atoms with Gasteiger partial charge in [-0.25, -0.2) is 0 Å². The predicted molar refractivity (Wildman–Crippen MR) is 107 cm³/mol. The van der Waals surface area contributed by atoms with Gasteiger partial charge in [0.1, 0.15) is 0 Å². The fourth-order valence-electron chi connectivity index (χ4n) is 2.96. The Morgan fingerprint density at radius 1 is 1.17 bits per heavy atom. The second-order valence-electron chi connectivity index (χ2n) is 6.68. The van der Waals surface area contributed by atoms with E-state index >= 15 is 0 Å². The molecule has 0 aliphatic carbocycles. The van der Waals surface area contributed by atoms with Crippen LogP contribution in [0.1, 0.15) is 41.5 Å². The van der Waals surface area contributed by atoms with Crippen molar-refractivity contribution in [3.05, 3.63) is 24.8 Å². The van der Waals surface area contributed by atoms with E-state index in [2.05, 4.69) is 59.3 Å². The largest absolute Gasteiger partial charge is 0.413 e. The van der Waals surface area contributed by atoms with E-state index in [1.807, 2.05) is 31.3 Å². The van der Waals surface area contributed by atoms with Crippen molar-refractivity contribution in [2.24, 2.45) is 16.9 Å². The molecule has 0 aromatic carbocycles. The lowest BCUT2D eigenvalue weighted by Gasteiger charge is -2.38. The van der Waals surface area contributed by atoms with Crippen molar-refractivity contribution in [2.75, 3.05) is 14.1 Å². The molecule has 0 bridgehead atoms. The van der Waals surface area contributed by atoms with E-state index in [9.17, 15) is 0 Å². The van der Waals surface area contributed by atoms with Crippen LogP contribution in [0.2, 0.25) is 18.1 Å². The summed E-state index contributed by atoms with van der Waals surface area (Å²) in [7, 11) is 2.28. The number of hydrogen-bond donors (Lipinski definition) is 0. The smallest absolute Gasteiger partial charge is 0.192 e. The summed E-state index contributed by atoms with van der Waals surface area (Å²) in [6.45, 7) is 17.2. The Labute approximate surface area is 145 Å². The lowest BCUT2D eigenvalue weighted by Crippen LogP contribution is -2.45. The molecule has 0 N–H and O–H groups in total. The van der Waals surface area contributed by atoms with Gasteiger partial charge in [0.25, 0.3) is 0 Å². The Bertz CT molecular complexity index is 392. The highest BCUT2D eigenvalue weighted by atomic mass is 28.4. The predicted octanol–water partition coefficient (Wildman–Crippen LogP) is 5.33. The Balaban J connectivity index is 5.54. The zero-order valence-corrected chi connectivity index (χ0v) is 17.6. The van der Waals surface area contributed by atoms with Gasteiger partial charge in [0.2, 0.25) is 0 Å². The summed E-state index contributed by atoms with van der Waals surface area (Å²) < 4.78 is 6.86. The van der Waals surface area contributed by atoms with Crippen LogP contribution in [-0.4, -0.2) is 39.2 Å². The molecule has 3 nitrogen and oxygen atoms in total. The van der Waals surface area contributed by atoms with Crippen molar-refractivity contribution >= 4 is 14.0 Å². The maximum atomic E-state index is 6.86. The van der Waals surface area contributed by atoms with E-state index in [1.54, 1.807) is 0 Å². The van der Waals surface area contributed by atoms with Crippen molar-refractivity contribution in [3.8, 4) is 0 Å².